The highest BCUT2D eigenvalue weighted by Crippen LogP contribution is 2.36. The number of rotatable bonds is 3. The number of nitrogens with zero attached hydrogens (tertiary/aromatic N) is 5. The van der Waals surface area contributed by atoms with Crippen LogP contribution in [0.1, 0.15) is 17.3 Å². The lowest BCUT2D eigenvalue weighted by Gasteiger charge is -2.36. The van der Waals surface area contributed by atoms with Gasteiger partial charge in [0, 0.05) is 48.1 Å². The Kier molecular flexibility index (Phi) is 4.06. The SMILES string of the molecule is Cc1cn2cc(-c3cc(-c4ccccc4O)nnc3C3CN(C)C3)cc(F)c2n1. The molecule has 0 amide bonds. The molecule has 1 fully saturated rings. The van der Waals surface area contributed by atoms with Crippen molar-refractivity contribution in [3.8, 4) is 28.1 Å². The van der Waals surface area contributed by atoms with Gasteiger partial charge in [0.2, 0.25) is 0 Å². The van der Waals surface area contributed by atoms with Gasteiger partial charge in [-0.1, -0.05) is 12.1 Å². The largest absolute Gasteiger partial charge is 0.507 e. The minimum atomic E-state index is -0.381. The Morgan fingerprint density at radius 2 is 1.86 bits per heavy atom. The van der Waals surface area contributed by atoms with Crippen LogP contribution in [0.5, 0.6) is 5.75 Å². The van der Waals surface area contributed by atoms with Crippen molar-refractivity contribution in [1.29, 1.82) is 0 Å². The number of halogens is 1. The summed E-state index contributed by atoms with van der Waals surface area (Å²) in [6.07, 6.45) is 3.67. The molecule has 1 aliphatic rings. The fourth-order valence-electron chi connectivity index (χ4n) is 3.95. The number of phenols is 1. The molecule has 0 spiro atoms. The van der Waals surface area contributed by atoms with Crippen molar-refractivity contribution >= 4 is 5.65 Å². The Morgan fingerprint density at radius 3 is 2.62 bits per heavy atom. The van der Waals surface area contributed by atoms with Crippen molar-refractivity contribution in [2.45, 2.75) is 12.8 Å². The number of fused-ring (bicyclic) bond motifs is 1. The second-order valence-corrected chi connectivity index (χ2v) is 7.65. The Balaban J connectivity index is 1.70. The van der Waals surface area contributed by atoms with Gasteiger partial charge in [-0.3, -0.25) is 0 Å². The molecule has 0 radical (unpaired) electrons. The Bertz CT molecular complexity index is 1230. The molecule has 4 aromatic rings. The fraction of sp³-hybridized carbons (Fsp3) is 0.227. The van der Waals surface area contributed by atoms with Gasteiger partial charge in [0.25, 0.3) is 0 Å². The van der Waals surface area contributed by atoms with Gasteiger partial charge in [-0.05, 0) is 38.2 Å². The third-order valence-electron chi connectivity index (χ3n) is 5.39. The molecule has 7 heteroatoms. The van der Waals surface area contributed by atoms with E-state index in [1.807, 2.05) is 25.3 Å². The molecule has 3 aromatic heterocycles. The van der Waals surface area contributed by atoms with Crippen molar-refractivity contribution in [3.63, 3.8) is 0 Å². The summed E-state index contributed by atoms with van der Waals surface area (Å²) in [5.74, 6) is -0.00635. The van der Waals surface area contributed by atoms with Gasteiger partial charge >= 0.3 is 0 Å². The molecule has 6 nitrogen and oxygen atoms in total. The zero-order chi connectivity index (χ0) is 20.1. The molecule has 146 valence electrons. The molecule has 1 saturated heterocycles. The first kappa shape index (κ1) is 17.8. The van der Waals surface area contributed by atoms with E-state index in [9.17, 15) is 9.50 Å². The maximum atomic E-state index is 14.8. The van der Waals surface area contributed by atoms with Crippen molar-refractivity contribution in [2.75, 3.05) is 20.1 Å². The summed E-state index contributed by atoms with van der Waals surface area (Å²) in [5, 5.41) is 19.1. The zero-order valence-corrected chi connectivity index (χ0v) is 16.2. The molecule has 0 aliphatic carbocycles. The highest BCUT2D eigenvalue weighted by Gasteiger charge is 2.30. The first-order valence-corrected chi connectivity index (χ1v) is 9.49. The average Bonchev–Trinajstić information content (AvgIpc) is 3.06. The van der Waals surface area contributed by atoms with Crippen molar-refractivity contribution in [3.05, 3.63) is 66.0 Å². The van der Waals surface area contributed by atoms with Crippen LogP contribution in [0.2, 0.25) is 0 Å². The number of para-hydroxylation sites is 1. The summed E-state index contributed by atoms with van der Waals surface area (Å²) >= 11 is 0. The summed E-state index contributed by atoms with van der Waals surface area (Å²) in [7, 11) is 2.06. The second kappa shape index (κ2) is 6.63. The number of likely N-dealkylation sites (N-methyl/N-ethyl adjacent to an activating group) is 1. The molecule has 1 aliphatic heterocycles. The van der Waals surface area contributed by atoms with Crippen molar-refractivity contribution in [1.82, 2.24) is 24.5 Å². The third kappa shape index (κ3) is 3.03. The summed E-state index contributed by atoms with van der Waals surface area (Å²) in [5.41, 5.74) is 4.59. The number of pyridine rings is 1. The van der Waals surface area contributed by atoms with E-state index in [4.69, 9.17) is 0 Å². The van der Waals surface area contributed by atoms with Gasteiger partial charge in [-0.2, -0.15) is 10.2 Å². The number of benzene rings is 1. The van der Waals surface area contributed by atoms with Gasteiger partial charge in [-0.25, -0.2) is 9.37 Å². The number of aromatic nitrogens is 4. The van der Waals surface area contributed by atoms with Gasteiger partial charge in [-0.15, -0.1) is 0 Å². The van der Waals surface area contributed by atoms with Crippen LogP contribution in [0.15, 0.2) is 48.8 Å². The van der Waals surface area contributed by atoms with Crippen LogP contribution in [0.3, 0.4) is 0 Å². The number of hydrogen-bond donors (Lipinski definition) is 1. The number of aromatic hydroxyl groups is 1. The minimum absolute atomic E-state index is 0.135. The highest BCUT2D eigenvalue weighted by molar-refractivity contribution is 5.75. The smallest absolute Gasteiger partial charge is 0.173 e. The second-order valence-electron chi connectivity index (χ2n) is 7.65. The lowest BCUT2D eigenvalue weighted by molar-refractivity contribution is 0.186. The van der Waals surface area contributed by atoms with Crippen LogP contribution in [0.4, 0.5) is 4.39 Å². The van der Waals surface area contributed by atoms with E-state index < -0.39 is 0 Å². The number of imidazole rings is 1. The molecule has 1 N–H and O–H groups in total. The van der Waals surface area contributed by atoms with Crippen LogP contribution >= 0.6 is 0 Å². The Labute approximate surface area is 167 Å². The van der Waals surface area contributed by atoms with Gasteiger partial charge < -0.3 is 14.4 Å². The van der Waals surface area contributed by atoms with E-state index >= 15 is 0 Å². The summed E-state index contributed by atoms with van der Waals surface area (Å²) in [4.78, 5) is 6.44. The lowest BCUT2D eigenvalue weighted by atomic mass is 9.90. The average molecular weight is 389 g/mol. The molecular weight excluding hydrogens is 369 g/mol. The first-order valence-electron chi connectivity index (χ1n) is 9.49. The predicted octanol–water partition coefficient (Wildman–Crippen LogP) is 3.64. The summed E-state index contributed by atoms with van der Waals surface area (Å²) in [6, 6.07) is 10.4. The number of phenolic OH excluding ortho intramolecular Hbond substituents is 1. The van der Waals surface area contributed by atoms with E-state index in [0.29, 0.717) is 22.5 Å². The molecule has 29 heavy (non-hydrogen) atoms. The van der Waals surface area contributed by atoms with E-state index in [-0.39, 0.29) is 17.5 Å². The molecule has 4 heterocycles. The minimum Gasteiger partial charge on any atom is -0.507 e. The van der Waals surface area contributed by atoms with Crippen molar-refractivity contribution < 1.29 is 9.50 Å². The first-order chi connectivity index (χ1) is 14.0. The lowest BCUT2D eigenvalue weighted by Crippen LogP contribution is -2.42. The van der Waals surface area contributed by atoms with Crippen LogP contribution in [-0.2, 0) is 0 Å². The molecule has 0 bridgehead atoms. The zero-order valence-electron chi connectivity index (χ0n) is 16.2. The normalized spacial score (nSPS) is 15.0. The predicted molar refractivity (Wildman–Crippen MR) is 108 cm³/mol. The van der Waals surface area contributed by atoms with E-state index in [1.165, 1.54) is 6.07 Å². The van der Waals surface area contributed by atoms with E-state index in [1.54, 1.807) is 28.8 Å². The van der Waals surface area contributed by atoms with Gasteiger partial charge in [0.05, 0.1) is 17.1 Å². The van der Waals surface area contributed by atoms with E-state index in [0.717, 1.165) is 30.0 Å². The van der Waals surface area contributed by atoms with Crippen LogP contribution in [0.25, 0.3) is 28.0 Å². The number of likely N-dealkylation sites (tertiary alicyclic amines) is 1. The molecule has 5 rings (SSSR count). The summed E-state index contributed by atoms with van der Waals surface area (Å²) in [6.45, 7) is 3.60. The molecule has 0 atom stereocenters. The van der Waals surface area contributed by atoms with Crippen LogP contribution in [-0.4, -0.2) is 49.7 Å². The van der Waals surface area contributed by atoms with Gasteiger partial charge in [0.15, 0.2) is 11.5 Å². The highest BCUT2D eigenvalue weighted by atomic mass is 19.1. The van der Waals surface area contributed by atoms with Crippen molar-refractivity contribution in [2.24, 2.45) is 0 Å². The maximum Gasteiger partial charge on any atom is 0.173 e. The Hall–Kier alpha value is -3.32. The van der Waals surface area contributed by atoms with Crippen LogP contribution in [0, 0.1) is 12.7 Å². The Morgan fingerprint density at radius 1 is 1.07 bits per heavy atom. The summed E-state index contributed by atoms with van der Waals surface area (Å²) < 4.78 is 16.5. The monoisotopic (exact) mass is 389 g/mol. The van der Waals surface area contributed by atoms with Crippen LogP contribution < -0.4 is 0 Å². The molecule has 0 unspecified atom stereocenters. The fourth-order valence-corrected chi connectivity index (χ4v) is 3.95. The number of hydrogen-bond acceptors (Lipinski definition) is 5. The van der Waals surface area contributed by atoms with Gasteiger partial charge in [0.1, 0.15) is 5.75 Å². The quantitative estimate of drug-likeness (QED) is 0.579. The molecule has 0 saturated carbocycles. The maximum absolute atomic E-state index is 14.8. The number of aryl methyl sites for hydroxylation is 1. The molecular formula is C22H20FN5O. The standard InChI is InChI=1S/C22H20FN5O/c1-13-9-28-12-14(7-18(23)22(28)24-13)17-8-19(16-5-3-4-6-20(16)29)25-26-21(17)15-10-27(2)11-15/h3-9,12,15,29H,10-11H2,1-2H3. The third-order valence-corrected chi connectivity index (χ3v) is 5.39. The topological polar surface area (TPSA) is 66.6 Å². The van der Waals surface area contributed by atoms with E-state index in [2.05, 4.69) is 27.1 Å². The molecule has 1 aromatic carbocycles.